The van der Waals surface area contributed by atoms with Gasteiger partial charge in [-0.1, -0.05) is 24.3 Å². The molecule has 5 aliphatic rings. The molecule has 3 aromatic heterocycles. The maximum Gasteiger partial charge on any atom is 0.319 e. The molecule has 9 rings (SSSR count). The molecule has 12 heteroatoms. The zero-order chi connectivity index (χ0) is 29.7. The minimum atomic E-state index is -0.883. The van der Waals surface area contributed by atoms with E-state index in [2.05, 4.69) is 25.1 Å². The van der Waals surface area contributed by atoms with Crippen molar-refractivity contribution < 1.29 is 18.3 Å². The number of hydrogen-bond acceptors (Lipinski definition) is 10. The van der Waals surface area contributed by atoms with E-state index >= 15 is 4.39 Å². The van der Waals surface area contributed by atoms with E-state index in [1.807, 2.05) is 31.2 Å². The van der Waals surface area contributed by atoms with E-state index < -0.39 is 17.5 Å². The molecule has 0 amide bonds. The van der Waals surface area contributed by atoms with Crippen LogP contribution in [0.15, 0.2) is 30.3 Å². The quantitative estimate of drug-likeness (QED) is 0.356. The number of aromatic nitrogens is 4. The normalized spacial score (nSPS) is 30.8. The van der Waals surface area contributed by atoms with Gasteiger partial charge in [0.05, 0.1) is 11.6 Å². The van der Waals surface area contributed by atoms with Crippen LogP contribution >= 0.6 is 0 Å². The standard InChI is InChI=1S/C32H34F2N8O2/c1-16-28-21-8-7-19(36-21)14-42(28)29-23-26(39-31(40-29)43-15-32-9-4-10-41(32)13-18(33)12-32)24(34)27(38-30(23)44-16)25-20-6-3-2-5-17(20)11-22(35)37-25/h2-3,5-6,11,16,18-19,21,28,36H,4,7-10,12-15H2,1H3,(H2,35,37)/t16-,18+,19+,21-,28+,32-/m0/s1. The Labute approximate surface area is 253 Å². The molecule has 1 aromatic carbocycles. The third kappa shape index (κ3) is 3.89. The van der Waals surface area contributed by atoms with Crippen LogP contribution in [0.5, 0.6) is 11.9 Å². The molecule has 10 nitrogen and oxygen atoms in total. The Hall–Kier alpha value is -3.90. The summed E-state index contributed by atoms with van der Waals surface area (Å²) in [5.41, 5.74) is 6.18. The molecule has 4 fully saturated rings. The number of anilines is 2. The highest BCUT2D eigenvalue weighted by Crippen LogP contribution is 2.45. The van der Waals surface area contributed by atoms with Crippen molar-refractivity contribution in [1.82, 2.24) is 30.2 Å². The van der Waals surface area contributed by atoms with Gasteiger partial charge in [0.2, 0.25) is 5.88 Å². The van der Waals surface area contributed by atoms with Crippen LogP contribution in [0.25, 0.3) is 33.1 Å². The number of halogens is 2. The Morgan fingerprint density at radius 1 is 1.14 bits per heavy atom. The predicted octanol–water partition coefficient (Wildman–Crippen LogP) is 4.01. The van der Waals surface area contributed by atoms with Gasteiger partial charge in [-0.05, 0) is 50.6 Å². The molecule has 0 aliphatic carbocycles. The van der Waals surface area contributed by atoms with E-state index in [1.54, 1.807) is 6.07 Å². The monoisotopic (exact) mass is 600 g/mol. The highest BCUT2D eigenvalue weighted by atomic mass is 19.1. The van der Waals surface area contributed by atoms with Gasteiger partial charge in [0.25, 0.3) is 0 Å². The van der Waals surface area contributed by atoms with Crippen molar-refractivity contribution in [1.29, 1.82) is 0 Å². The summed E-state index contributed by atoms with van der Waals surface area (Å²) < 4.78 is 44.3. The van der Waals surface area contributed by atoms with E-state index in [0.717, 1.165) is 37.6 Å². The summed E-state index contributed by atoms with van der Waals surface area (Å²) in [6.45, 7) is 4.24. The minimum Gasteiger partial charge on any atom is -0.472 e. The first kappa shape index (κ1) is 26.5. The molecule has 0 radical (unpaired) electrons. The first-order chi connectivity index (χ1) is 21.4. The average molecular weight is 601 g/mol. The number of nitrogen functional groups attached to an aromatic ring is 1. The van der Waals surface area contributed by atoms with Crippen molar-refractivity contribution in [2.75, 3.05) is 36.9 Å². The van der Waals surface area contributed by atoms with E-state index in [-0.39, 0.29) is 53.7 Å². The molecule has 8 heterocycles. The van der Waals surface area contributed by atoms with Gasteiger partial charge in [0.1, 0.15) is 52.8 Å². The molecular formula is C32H34F2N8O2. The topological polar surface area (TPSA) is 115 Å². The third-order valence-corrected chi connectivity index (χ3v) is 10.4. The number of benzene rings is 1. The molecular weight excluding hydrogens is 566 g/mol. The molecule has 4 saturated heterocycles. The molecule has 2 bridgehead atoms. The highest BCUT2D eigenvalue weighted by Gasteiger charge is 2.50. The fourth-order valence-corrected chi connectivity index (χ4v) is 8.56. The minimum absolute atomic E-state index is 0.00921. The first-order valence-electron chi connectivity index (χ1n) is 15.6. The van der Waals surface area contributed by atoms with E-state index in [9.17, 15) is 4.39 Å². The SMILES string of the molecule is C[C@@H]1Oc2nc(-c3nc(N)cc4ccccc34)c(F)c3nc(OC[C@@]45CCCN4C[C@H](F)C5)nc(c23)N2C[C@H]3CC[C@H](N3)[C@@H]12. The molecule has 0 unspecified atom stereocenters. The summed E-state index contributed by atoms with van der Waals surface area (Å²) >= 11 is 0. The number of ether oxygens (including phenoxy) is 2. The van der Waals surface area contributed by atoms with Crippen molar-refractivity contribution in [2.45, 2.75) is 75.0 Å². The second kappa shape index (κ2) is 9.55. The Bertz CT molecular complexity index is 1820. The number of nitrogens with two attached hydrogens (primary N) is 1. The Kier molecular flexibility index (Phi) is 5.75. The van der Waals surface area contributed by atoms with Crippen LogP contribution in [0.1, 0.15) is 39.0 Å². The van der Waals surface area contributed by atoms with Crippen LogP contribution < -0.4 is 25.4 Å². The summed E-state index contributed by atoms with van der Waals surface area (Å²) in [4.78, 5) is 23.3. The van der Waals surface area contributed by atoms with Crippen LogP contribution in [0.3, 0.4) is 0 Å². The van der Waals surface area contributed by atoms with Crippen LogP contribution in [0.2, 0.25) is 0 Å². The molecule has 228 valence electrons. The fraction of sp³-hybridized carbons (Fsp3) is 0.500. The fourth-order valence-electron chi connectivity index (χ4n) is 8.56. The maximum absolute atomic E-state index is 16.9. The molecule has 0 spiro atoms. The summed E-state index contributed by atoms with van der Waals surface area (Å²) in [6.07, 6.45) is 3.18. The van der Waals surface area contributed by atoms with Gasteiger partial charge < -0.3 is 25.4 Å². The summed E-state index contributed by atoms with van der Waals surface area (Å²) in [6, 6.07) is 9.84. The lowest BCUT2D eigenvalue weighted by Crippen LogP contribution is -2.62. The Morgan fingerprint density at radius 3 is 2.93 bits per heavy atom. The Morgan fingerprint density at radius 2 is 2.02 bits per heavy atom. The summed E-state index contributed by atoms with van der Waals surface area (Å²) in [5.74, 6) is 0.445. The number of hydrogen-bond donors (Lipinski definition) is 2. The van der Waals surface area contributed by atoms with E-state index in [1.165, 1.54) is 0 Å². The summed E-state index contributed by atoms with van der Waals surface area (Å²) in [5, 5.41) is 5.70. The Balaban J connectivity index is 1.24. The van der Waals surface area contributed by atoms with Gasteiger partial charge in [-0.2, -0.15) is 9.97 Å². The first-order valence-corrected chi connectivity index (χ1v) is 15.6. The van der Waals surface area contributed by atoms with Crippen molar-refractivity contribution in [3.05, 3.63) is 36.1 Å². The zero-order valence-corrected chi connectivity index (χ0v) is 24.5. The molecule has 6 atom stereocenters. The van der Waals surface area contributed by atoms with E-state index in [4.69, 9.17) is 25.2 Å². The van der Waals surface area contributed by atoms with Crippen molar-refractivity contribution in [3.63, 3.8) is 0 Å². The number of nitrogens with one attached hydrogen (secondary N) is 1. The lowest BCUT2D eigenvalue weighted by Gasteiger charge is -2.42. The van der Waals surface area contributed by atoms with Crippen molar-refractivity contribution in [2.24, 2.45) is 0 Å². The largest absolute Gasteiger partial charge is 0.472 e. The second-order valence-electron chi connectivity index (χ2n) is 13.1. The average Bonchev–Trinajstić information content (AvgIpc) is 3.65. The zero-order valence-electron chi connectivity index (χ0n) is 24.5. The van der Waals surface area contributed by atoms with Crippen LogP contribution in [-0.2, 0) is 0 Å². The van der Waals surface area contributed by atoms with Crippen molar-refractivity contribution in [3.8, 4) is 23.3 Å². The van der Waals surface area contributed by atoms with Crippen LogP contribution in [-0.4, -0.2) is 87.0 Å². The van der Waals surface area contributed by atoms with Gasteiger partial charge in [-0.25, -0.2) is 18.7 Å². The number of fused-ring (bicyclic) bond motifs is 7. The second-order valence-corrected chi connectivity index (χ2v) is 13.1. The number of pyridine rings is 2. The summed E-state index contributed by atoms with van der Waals surface area (Å²) in [7, 11) is 0. The predicted molar refractivity (Wildman–Crippen MR) is 162 cm³/mol. The van der Waals surface area contributed by atoms with Crippen LogP contribution in [0.4, 0.5) is 20.4 Å². The maximum atomic E-state index is 16.9. The van der Waals surface area contributed by atoms with Gasteiger partial charge in [0.15, 0.2) is 5.82 Å². The van der Waals surface area contributed by atoms with Gasteiger partial charge in [-0.3, -0.25) is 4.90 Å². The lowest BCUT2D eigenvalue weighted by atomic mass is 9.95. The number of rotatable bonds is 4. The van der Waals surface area contributed by atoms with Gasteiger partial charge >= 0.3 is 6.01 Å². The number of piperazine rings is 1. The van der Waals surface area contributed by atoms with Gasteiger partial charge in [0, 0.05) is 37.0 Å². The number of nitrogens with zero attached hydrogens (tertiary/aromatic N) is 6. The van der Waals surface area contributed by atoms with Crippen molar-refractivity contribution >= 4 is 33.3 Å². The third-order valence-electron chi connectivity index (χ3n) is 10.4. The highest BCUT2D eigenvalue weighted by molar-refractivity contribution is 6.01. The lowest BCUT2D eigenvalue weighted by molar-refractivity contribution is 0.107. The molecule has 5 aliphatic heterocycles. The van der Waals surface area contributed by atoms with E-state index in [0.29, 0.717) is 47.8 Å². The smallest absolute Gasteiger partial charge is 0.319 e. The van der Waals surface area contributed by atoms with Gasteiger partial charge in [-0.15, -0.1) is 0 Å². The molecule has 4 aromatic rings. The number of alkyl halides is 1. The molecule has 0 saturated carbocycles. The molecule has 44 heavy (non-hydrogen) atoms. The molecule has 3 N–H and O–H groups in total. The van der Waals surface area contributed by atoms with Crippen LogP contribution in [0, 0.1) is 5.82 Å².